The summed E-state index contributed by atoms with van der Waals surface area (Å²) in [6, 6.07) is 11.6. The van der Waals surface area contributed by atoms with E-state index in [1.54, 1.807) is 6.07 Å². The van der Waals surface area contributed by atoms with Gasteiger partial charge in [-0.3, -0.25) is 4.40 Å². The lowest BCUT2D eigenvalue weighted by Crippen LogP contribution is -1.88. The molecule has 0 unspecified atom stereocenters. The van der Waals surface area contributed by atoms with Crippen LogP contribution in [0.25, 0.3) is 17.0 Å². The van der Waals surface area contributed by atoms with Crippen molar-refractivity contribution in [2.45, 2.75) is 0 Å². The van der Waals surface area contributed by atoms with Crippen molar-refractivity contribution in [2.24, 2.45) is 0 Å². The predicted molar refractivity (Wildman–Crippen MR) is 71.1 cm³/mol. The molecule has 0 amide bonds. The maximum atomic E-state index is 5.98. The summed E-state index contributed by atoms with van der Waals surface area (Å²) < 4.78 is 2.92. The summed E-state index contributed by atoms with van der Waals surface area (Å²) in [5, 5.41) is 8.94. The predicted octanol–water partition coefficient (Wildman–Crippen LogP) is 3.81. The van der Waals surface area contributed by atoms with Crippen molar-refractivity contribution in [1.82, 2.24) is 14.6 Å². The highest BCUT2D eigenvalue weighted by atomic mass is 79.9. The molecule has 0 aliphatic heterocycles. The van der Waals surface area contributed by atoms with Crippen molar-refractivity contribution in [1.29, 1.82) is 0 Å². The highest BCUT2D eigenvalue weighted by Gasteiger charge is 2.07. The normalized spacial score (nSPS) is 10.9. The van der Waals surface area contributed by atoms with Gasteiger partial charge in [0.05, 0.1) is 5.02 Å². The van der Waals surface area contributed by atoms with E-state index in [1.807, 2.05) is 40.9 Å². The van der Waals surface area contributed by atoms with Gasteiger partial charge < -0.3 is 0 Å². The second kappa shape index (κ2) is 4.13. The molecule has 2 aromatic heterocycles. The van der Waals surface area contributed by atoms with E-state index in [2.05, 4.69) is 26.1 Å². The standard InChI is InChI=1S/C12H7BrClN3/c13-9-3-1-8(2-4-9)12-16-15-11-6-5-10(14)7-17(11)12/h1-7H. The summed E-state index contributed by atoms with van der Waals surface area (Å²) in [6.45, 7) is 0. The minimum atomic E-state index is 0.663. The Labute approximate surface area is 111 Å². The van der Waals surface area contributed by atoms with Gasteiger partial charge in [0.1, 0.15) is 0 Å². The van der Waals surface area contributed by atoms with Gasteiger partial charge in [-0.1, -0.05) is 39.7 Å². The van der Waals surface area contributed by atoms with Gasteiger partial charge in [-0.25, -0.2) is 0 Å². The van der Waals surface area contributed by atoms with Gasteiger partial charge in [0, 0.05) is 16.2 Å². The number of halogens is 2. The van der Waals surface area contributed by atoms with Crippen molar-refractivity contribution in [3.05, 3.63) is 52.1 Å². The lowest BCUT2D eigenvalue weighted by atomic mass is 10.2. The van der Waals surface area contributed by atoms with Gasteiger partial charge in [0.25, 0.3) is 0 Å². The SMILES string of the molecule is Clc1ccc2nnc(-c3ccc(Br)cc3)n2c1. The van der Waals surface area contributed by atoms with E-state index < -0.39 is 0 Å². The van der Waals surface area contributed by atoms with Gasteiger partial charge in [-0.15, -0.1) is 10.2 Å². The van der Waals surface area contributed by atoms with E-state index >= 15 is 0 Å². The number of benzene rings is 1. The minimum Gasteiger partial charge on any atom is -0.281 e. The summed E-state index contributed by atoms with van der Waals surface area (Å²) in [7, 11) is 0. The number of aromatic nitrogens is 3. The Balaban J connectivity index is 2.23. The molecule has 0 N–H and O–H groups in total. The Morgan fingerprint density at radius 3 is 2.53 bits per heavy atom. The highest BCUT2D eigenvalue weighted by molar-refractivity contribution is 9.10. The molecule has 0 spiro atoms. The lowest BCUT2D eigenvalue weighted by molar-refractivity contribution is 1.11. The van der Waals surface area contributed by atoms with E-state index in [0.29, 0.717) is 5.02 Å². The van der Waals surface area contributed by atoms with Crippen LogP contribution in [0, 0.1) is 0 Å². The average molecular weight is 309 g/mol. The molecule has 84 valence electrons. The molecule has 5 heteroatoms. The van der Waals surface area contributed by atoms with Crippen molar-refractivity contribution in [3.8, 4) is 11.4 Å². The van der Waals surface area contributed by atoms with Crippen LogP contribution in [0.4, 0.5) is 0 Å². The number of fused-ring (bicyclic) bond motifs is 1. The van der Waals surface area contributed by atoms with E-state index in [1.165, 1.54) is 0 Å². The molecule has 2 heterocycles. The van der Waals surface area contributed by atoms with Crippen LogP contribution < -0.4 is 0 Å². The van der Waals surface area contributed by atoms with Crippen LogP contribution >= 0.6 is 27.5 Å². The number of rotatable bonds is 1. The fraction of sp³-hybridized carbons (Fsp3) is 0. The van der Waals surface area contributed by atoms with Crippen molar-refractivity contribution < 1.29 is 0 Å². The minimum absolute atomic E-state index is 0.663. The Bertz CT molecular complexity index is 676. The molecule has 0 radical (unpaired) electrons. The van der Waals surface area contributed by atoms with Gasteiger partial charge in [0.15, 0.2) is 11.5 Å². The number of hydrogen-bond donors (Lipinski definition) is 0. The Morgan fingerprint density at radius 1 is 1.00 bits per heavy atom. The molecule has 0 bridgehead atoms. The molecule has 3 aromatic rings. The third-order valence-corrected chi connectivity index (χ3v) is 3.22. The molecule has 1 aromatic carbocycles. The summed E-state index contributed by atoms with van der Waals surface area (Å²) in [5.41, 5.74) is 1.79. The number of hydrogen-bond acceptors (Lipinski definition) is 2. The monoisotopic (exact) mass is 307 g/mol. The van der Waals surface area contributed by atoms with Crippen LogP contribution in [0.15, 0.2) is 47.1 Å². The Hall–Kier alpha value is -1.39. The molecule has 0 saturated heterocycles. The maximum absolute atomic E-state index is 5.98. The molecule has 0 fully saturated rings. The van der Waals surface area contributed by atoms with Crippen molar-refractivity contribution in [3.63, 3.8) is 0 Å². The summed E-state index contributed by atoms with van der Waals surface area (Å²) in [6.07, 6.45) is 1.81. The van der Waals surface area contributed by atoms with E-state index in [0.717, 1.165) is 21.5 Å². The smallest absolute Gasteiger partial charge is 0.168 e. The van der Waals surface area contributed by atoms with Crippen LogP contribution in [0.1, 0.15) is 0 Å². The molecule has 17 heavy (non-hydrogen) atoms. The second-order valence-corrected chi connectivity index (χ2v) is 4.96. The number of pyridine rings is 1. The first-order valence-electron chi connectivity index (χ1n) is 5.00. The van der Waals surface area contributed by atoms with E-state index in [9.17, 15) is 0 Å². The van der Waals surface area contributed by atoms with Gasteiger partial charge in [-0.2, -0.15) is 0 Å². The average Bonchev–Trinajstić information content (AvgIpc) is 2.73. The zero-order valence-electron chi connectivity index (χ0n) is 8.64. The van der Waals surface area contributed by atoms with Crippen LogP contribution in [-0.2, 0) is 0 Å². The topological polar surface area (TPSA) is 30.2 Å². The zero-order chi connectivity index (χ0) is 11.8. The van der Waals surface area contributed by atoms with Crippen LogP contribution in [0.5, 0.6) is 0 Å². The van der Waals surface area contributed by atoms with Gasteiger partial charge >= 0.3 is 0 Å². The van der Waals surface area contributed by atoms with Gasteiger partial charge in [-0.05, 0) is 24.3 Å². The van der Waals surface area contributed by atoms with Gasteiger partial charge in [0.2, 0.25) is 0 Å². The summed E-state index contributed by atoms with van der Waals surface area (Å²) in [4.78, 5) is 0. The lowest BCUT2D eigenvalue weighted by Gasteiger charge is -2.00. The first-order valence-corrected chi connectivity index (χ1v) is 6.17. The molecule has 0 atom stereocenters. The third-order valence-electron chi connectivity index (χ3n) is 2.47. The first-order chi connectivity index (χ1) is 8.24. The Kier molecular flexibility index (Phi) is 2.61. The fourth-order valence-corrected chi connectivity index (χ4v) is 2.09. The first kappa shape index (κ1) is 10.7. The molecular weight excluding hydrogens is 302 g/mol. The van der Waals surface area contributed by atoms with Crippen LogP contribution in [0.3, 0.4) is 0 Å². The van der Waals surface area contributed by atoms with Crippen molar-refractivity contribution >= 4 is 33.2 Å². The maximum Gasteiger partial charge on any atom is 0.168 e. The molecule has 3 nitrogen and oxygen atoms in total. The molecule has 0 aliphatic carbocycles. The van der Waals surface area contributed by atoms with Crippen LogP contribution in [-0.4, -0.2) is 14.6 Å². The summed E-state index contributed by atoms with van der Waals surface area (Å²) in [5.74, 6) is 0.787. The highest BCUT2D eigenvalue weighted by Crippen LogP contribution is 2.22. The second-order valence-electron chi connectivity index (χ2n) is 3.61. The van der Waals surface area contributed by atoms with Crippen molar-refractivity contribution in [2.75, 3.05) is 0 Å². The fourth-order valence-electron chi connectivity index (χ4n) is 1.66. The summed E-state index contributed by atoms with van der Waals surface area (Å²) >= 11 is 9.38. The molecule has 0 aliphatic rings. The van der Waals surface area contributed by atoms with Crippen LogP contribution in [0.2, 0.25) is 5.02 Å². The molecule has 3 rings (SSSR count). The zero-order valence-corrected chi connectivity index (χ0v) is 11.0. The largest absolute Gasteiger partial charge is 0.281 e. The Morgan fingerprint density at radius 2 is 1.76 bits per heavy atom. The van der Waals surface area contributed by atoms with E-state index in [4.69, 9.17) is 11.6 Å². The molecular formula is C12H7BrClN3. The van der Waals surface area contributed by atoms with E-state index in [-0.39, 0.29) is 0 Å². The quantitative estimate of drug-likeness (QED) is 0.684. The third kappa shape index (κ3) is 1.94. The number of nitrogens with zero attached hydrogens (tertiary/aromatic N) is 3. The molecule has 0 saturated carbocycles.